The minimum absolute atomic E-state index is 0.743. The first-order valence-corrected chi connectivity index (χ1v) is 6.83. The average molecular weight is 235 g/mol. The molecule has 94 valence electrons. The third-order valence-corrected chi connectivity index (χ3v) is 4.30. The van der Waals surface area contributed by atoms with E-state index in [0.717, 1.165) is 30.1 Å². The third kappa shape index (κ3) is 2.51. The molecule has 2 atom stereocenters. The van der Waals surface area contributed by atoms with Crippen LogP contribution in [0, 0.1) is 18.8 Å². The second-order valence-corrected chi connectivity index (χ2v) is 5.56. The van der Waals surface area contributed by atoms with Gasteiger partial charge in [0.2, 0.25) is 5.89 Å². The van der Waals surface area contributed by atoms with Crippen LogP contribution < -0.4 is 0 Å². The molecule has 0 radical (unpaired) electrons. The van der Waals surface area contributed by atoms with Crippen LogP contribution in [0.15, 0.2) is 4.52 Å². The molecule has 2 unspecified atom stereocenters. The summed E-state index contributed by atoms with van der Waals surface area (Å²) in [6.45, 7) is 5.14. The smallest absolute Gasteiger partial charge is 0.240 e. The quantitative estimate of drug-likeness (QED) is 0.789. The van der Waals surface area contributed by atoms with Crippen LogP contribution in [0.1, 0.15) is 43.8 Å². The highest BCUT2D eigenvalue weighted by Gasteiger charge is 2.31. The van der Waals surface area contributed by atoms with Crippen LogP contribution in [0.5, 0.6) is 0 Å². The topological polar surface area (TPSA) is 42.2 Å². The Morgan fingerprint density at radius 3 is 2.82 bits per heavy atom. The van der Waals surface area contributed by atoms with Gasteiger partial charge in [-0.3, -0.25) is 4.90 Å². The molecule has 1 aromatic rings. The molecule has 2 aliphatic rings. The lowest BCUT2D eigenvalue weighted by Gasteiger charge is -2.40. The zero-order chi connectivity index (χ0) is 11.7. The van der Waals surface area contributed by atoms with E-state index in [0.29, 0.717) is 0 Å². The Morgan fingerprint density at radius 1 is 1.24 bits per heavy atom. The van der Waals surface area contributed by atoms with E-state index in [9.17, 15) is 0 Å². The van der Waals surface area contributed by atoms with Crippen molar-refractivity contribution in [2.75, 3.05) is 13.1 Å². The van der Waals surface area contributed by atoms with Gasteiger partial charge < -0.3 is 4.52 Å². The molecule has 0 N–H and O–H groups in total. The summed E-state index contributed by atoms with van der Waals surface area (Å²) >= 11 is 0. The summed E-state index contributed by atoms with van der Waals surface area (Å²) < 4.78 is 5.20. The Hall–Kier alpha value is -0.900. The molecule has 1 saturated heterocycles. The Balaban J connectivity index is 1.58. The van der Waals surface area contributed by atoms with Crippen molar-refractivity contribution in [1.29, 1.82) is 0 Å². The summed E-state index contributed by atoms with van der Waals surface area (Å²) in [4.78, 5) is 6.77. The van der Waals surface area contributed by atoms with Crippen LogP contribution in [-0.2, 0) is 6.54 Å². The van der Waals surface area contributed by atoms with Gasteiger partial charge in [0.05, 0.1) is 6.54 Å². The third-order valence-electron chi connectivity index (χ3n) is 4.30. The fraction of sp³-hybridized carbons (Fsp3) is 0.846. The molecule has 4 heteroatoms. The van der Waals surface area contributed by atoms with E-state index in [1.807, 2.05) is 6.92 Å². The lowest BCUT2D eigenvalue weighted by atomic mass is 9.75. The standard InChI is InChI=1S/C13H21N3O/c1-10-14-13(17-15-10)9-16-7-6-11-4-2-3-5-12(11)8-16/h11-12H,2-9H2,1H3. The zero-order valence-electron chi connectivity index (χ0n) is 10.6. The number of likely N-dealkylation sites (tertiary alicyclic amines) is 1. The maximum absolute atomic E-state index is 5.20. The Morgan fingerprint density at radius 2 is 2.06 bits per heavy atom. The zero-order valence-corrected chi connectivity index (χ0v) is 10.6. The van der Waals surface area contributed by atoms with E-state index in [2.05, 4.69) is 15.0 Å². The van der Waals surface area contributed by atoms with Gasteiger partial charge in [0.15, 0.2) is 5.82 Å². The largest absolute Gasteiger partial charge is 0.338 e. The molecule has 0 bridgehead atoms. The highest BCUT2D eigenvalue weighted by Crippen LogP contribution is 2.36. The minimum Gasteiger partial charge on any atom is -0.338 e. The first kappa shape index (κ1) is 11.2. The number of nitrogens with zero attached hydrogens (tertiary/aromatic N) is 3. The average Bonchev–Trinajstić information content (AvgIpc) is 2.75. The van der Waals surface area contributed by atoms with Crippen LogP contribution in [0.3, 0.4) is 0 Å². The number of rotatable bonds is 2. The lowest BCUT2D eigenvalue weighted by molar-refractivity contribution is 0.0747. The normalized spacial score (nSPS) is 30.2. The van der Waals surface area contributed by atoms with Gasteiger partial charge in [-0.2, -0.15) is 4.98 Å². The van der Waals surface area contributed by atoms with Crippen molar-refractivity contribution in [1.82, 2.24) is 15.0 Å². The van der Waals surface area contributed by atoms with Crippen LogP contribution in [0.2, 0.25) is 0 Å². The molecular formula is C13H21N3O. The van der Waals surface area contributed by atoms with E-state index >= 15 is 0 Å². The molecule has 0 aromatic carbocycles. The Labute approximate surface area is 102 Å². The molecule has 0 spiro atoms. The van der Waals surface area contributed by atoms with E-state index < -0.39 is 0 Å². The number of hydrogen-bond acceptors (Lipinski definition) is 4. The van der Waals surface area contributed by atoms with Gasteiger partial charge in [-0.05, 0) is 38.1 Å². The number of aromatic nitrogens is 2. The molecule has 2 fully saturated rings. The van der Waals surface area contributed by atoms with Gasteiger partial charge in [-0.1, -0.05) is 24.4 Å². The highest BCUT2D eigenvalue weighted by atomic mass is 16.5. The Bertz CT molecular complexity index is 376. The van der Waals surface area contributed by atoms with Gasteiger partial charge in [0.25, 0.3) is 0 Å². The van der Waals surface area contributed by atoms with Crippen LogP contribution in [0.4, 0.5) is 0 Å². The van der Waals surface area contributed by atoms with E-state index in [1.54, 1.807) is 0 Å². The molecule has 1 aliphatic heterocycles. The SMILES string of the molecule is Cc1noc(CN2CCC3CCCCC3C2)n1. The predicted octanol–water partition coefficient (Wildman–Crippen LogP) is 2.39. The molecule has 4 nitrogen and oxygen atoms in total. The van der Waals surface area contributed by atoms with Crippen molar-refractivity contribution >= 4 is 0 Å². The molecule has 0 amide bonds. The molecule has 2 heterocycles. The first-order valence-electron chi connectivity index (χ1n) is 6.83. The number of aryl methyl sites for hydroxylation is 1. The molecule has 1 aromatic heterocycles. The van der Waals surface area contributed by atoms with Crippen molar-refractivity contribution in [3.63, 3.8) is 0 Å². The molecule has 1 saturated carbocycles. The molecular weight excluding hydrogens is 214 g/mol. The van der Waals surface area contributed by atoms with E-state index in [-0.39, 0.29) is 0 Å². The van der Waals surface area contributed by atoms with Crippen LogP contribution >= 0.6 is 0 Å². The summed E-state index contributed by atoms with van der Waals surface area (Å²) in [5, 5.41) is 3.85. The van der Waals surface area contributed by atoms with Gasteiger partial charge >= 0.3 is 0 Å². The Kier molecular flexibility index (Phi) is 3.14. The monoisotopic (exact) mass is 235 g/mol. The van der Waals surface area contributed by atoms with Crippen molar-refractivity contribution in [2.24, 2.45) is 11.8 Å². The predicted molar refractivity (Wildman–Crippen MR) is 64.4 cm³/mol. The summed E-state index contributed by atoms with van der Waals surface area (Å²) in [5.41, 5.74) is 0. The van der Waals surface area contributed by atoms with Crippen molar-refractivity contribution in [2.45, 2.75) is 45.6 Å². The molecule has 1 aliphatic carbocycles. The van der Waals surface area contributed by atoms with Gasteiger partial charge in [-0.25, -0.2) is 0 Å². The second-order valence-electron chi connectivity index (χ2n) is 5.56. The maximum atomic E-state index is 5.20. The number of hydrogen-bond donors (Lipinski definition) is 0. The van der Waals surface area contributed by atoms with E-state index in [4.69, 9.17) is 4.52 Å². The van der Waals surface area contributed by atoms with Crippen molar-refractivity contribution < 1.29 is 4.52 Å². The molecule has 17 heavy (non-hydrogen) atoms. The highest BCUT2D eigenvalue weighted by molar-refractivity contribution is 4.87. The summed E-state index contributed by atoms with van der Waals surface area (Å²) in [5.74, 6) is 3.43. The lowest BCUT2D eigenvalue weighted by Crippen LogP contribution is -2.41. The first-order chi connectivity index (χ1) is 8.31. The summed E-state index contributed by atoms with van der Waals surface area (Å²) in [6.07, 6.45) is 7.11. The number of fused-ring (bicyclic) bond motifs is 1. The van der Waals surface area contributed by atoms with Gasteiger partial charge in [0, 0.05) is 6.54 Å². The summed E-state index contributed by atoms with van der Waals surface area (Å²) in [7, 11) is 0. The minimum atomic E-state index is 0.743. The number of piperidine rings is 1. The van der Waals surface area contributed by atoms with Crippen LogP contribution in [-0.4, -0.2) is 28.1 Å². The fourth-order valence-corrected chi connectivity index (χ4v) is 3.42. The fourth-order valence-electron chi connectivity index (χ4n) is 3.42. The second kappa shape index (κ2) is 4.77. The van der Waals surface area contributed by atoms with Gasteiger partial charge in [-0.15, -0.1) is 0 Å². The van der Waals surface area contributed by atoms with E-state index in [1.165, 1.54) is 45.2 Å². The van der Waals surface area contributed by atoms with Crippen LogP contribution in [0.25, 0.3) is 0 Å². The maximum Gasteiger partial charge on any atom is 0.240 e. The molecule has 3 rings (SSSR count). The summed E-state index contributed by atoms with van der Waals surface area (Å²) in [6, 6.07) is 0. The van der Waals surface area contributed by atoms with Crippen molar-refractivity contribution in [3.8, 4) is 0 Å². The van der Waals surface area contributed by atoms with Crippen molar-refractivity contribution in [3.05, 3.63) is 11.7 Å². The van der Waals surface area contributed by atoms with Gasteiger partial charge in [0.1, 0.15) is 0 Å².